The van der Waals surface area contributed by atoms with Gasteiger partial charge < -0.3 is 8.92 Å². The summed E-state index contributed by atoms with van der Waals surface area (Å²) in [6, 6.07) is 4.41. The lowest BCUT2D eigenvalue weighted by atomic mass is 9.77. The van der Waals surface area contributed by atoms with Crippen molar-refractivity contribution in [3.63, 3.8) is 0 Å². The van der Waals surface area contributed by atoms with Crippen LogP contribution in [0.3, 0.4) is 0 Å². The van der Waals surface area contributed by atoms with E-state index in [1.165, 1.54) is 25.3 Å². The van der Waals surface area contributed by atoms with Crippen molar-refractivity contribution < 1.29 is 35.3 Å². The van der Waals surface area contributed by atoms with Crippen LogP contribution in [0.2, 0.25) is 0 Å². The first-order chi connectivity index (χ1) is 14.0. The molecule has 0 bridgehead atoms. The number of fused-ring (bicyclic) bond motifs is 1. The molecule has 2 aliphatic rings. The monoisotopic (exact) mass is 446 g/mol. The maximum Gasteiger partial charge on any atom is 0.534 e. The molecule has 0 unspecified atom stereocenters. The van der Waals surface area contributed by atoms with Crippen LogP contribution in [0.4, 0.5) is 13.2 Å². The van der Waals surface area contributed by atoms with Gasteiger partial charge in [-0.3, -0.25) is 0 Å². The summed E-state index contributed by atoms with van der Waals surface area (Å²) in [4.78, 5) is 11.9. The Balaban J connectivity index is 2.12. The van der Waals surface area contributed by atoms with Gasteiger partial charge in [-0.1, -0.05) is 25.8 Å². The fourth-order valence-electron chi connectivity index (χ4n) is 4.28. The molecule has 3 rings (SSSR count). The second kappa shape index (κ2) is 8.61. The molecule has 0 atom stereocenters. The van der Waals surface area contributed by atoms with Crippen molar-refractivity contribution in [2.75, 3.05) is 7.11 Å². The molecule has 0 spiro atoms. The van der Waals surface area contributed by atoms with Crippen LogP contribution >= 0.6 is 0 Å². The highest BCUT2D eigenvalue weighted by Gasteiger charge is 2.49. The Hall–Kier alpha value is -2.03. The summed E-state index contributed by atoms with van der Waals surface area (Å²) in [7, 11) is -4.58. The Labute approximate surface area is 174 Å². The lowest BCUT2D eigenvalue weighted by Gasteiger charge is -2.29. The molecule has 1 saturated carbocycles. The van der Waals surface area contributed by atoms with Gasteiger partial charge in [-0.15, -0.1) is 0 Å². The number of carbonyl (C=O) groups excluding carboxylic acids is 1. The average molecular weight is 446 g/mol. The van der Waals surface area contributed by atoms with Crippen LogP contribution in [0.15, 0.2) is 23.8 Å². The number of carbonyl (C=O) groups is 1. The number of hydrogen-bond donors (Lipinski definition) is 0. The first kappa shape index (κ1) is 22.7. The second-order valence-corrected chi connectivity index (χ2v) is 9.55. The van der Waals surface area contributed by atoms with Gasteiger partial charge in [-0.2, -0.15) is 21.6 Å². The number of halogens is 3. The van der Waals surface area contributed by atoms with Crippen LogP contribution in [0.1, 0.15) is 66.9 Å². The molecule has 5 nitrogen and oxygen atoms in total. The number of esters is 1. The van der Waals surface area contributed by atoms with Gasteiger partial charge in [0.1, 0.15) is 5.76 Å². The van der Waals surface area contributed by atoms with E-state index in [2.05, 4.69) is 6.92 Å². The van der Waals surface area contributed by atoms with Gasteiger partial charge in [0.05, 0.1) is 12.7 Å². The van der Waals surface area contributed by atoms with Crippen molar-refractivity contribution in [3.05, 3.63) is 40.5 Å². The minimum absolute atomic E-state index is 0.0223. The largest absolute Gasteiger partial charge is 0.534 e. The number of rotatable bonds is 4. The summed E-state index contributed by atoms with van der Waals surface area (Å²) in [5.41, 5.74) is -3.78. The van der Waals surface area contributed by atoms with Crippen molar-refractivity contribution in [2.24, 2.45) is 11.8 Å². The molecular weight excluding hydrogens is 421 g/mol. The molecule has 0 N–H and O–H groups in total. The number of benzene rings is 1. The van der Waals surface area contributed by atoms with Crippen LogP contribution < -0.4 is 0 Å². The van der Waals surface area contributed by atoms with E-state index in [9.17, 15) is 26.4 Å². The molecule has 30 heavy (non-hydrogen) atoms. The third-order valence-corrected chi connectivity index (χ3v) is 6.89. The zero-order valence-corrected chi connectivity index (χ0v) is 17.7. The minimum atomic E-state index is -5.82. The third-order valence-electron chi connectivity index (χ3n) is 5.94. The number of ether oxygens (including phenoxy) is 1. The summed E-state index contributed by atoms with van der Waals surface area (Å²) >= 11 is 0. The zero-order valence-electron chi connectivity index (χ0n) is 16.9. The molecule has 0 aliphatic heterocycles. The molecule has 9 heteroatoms. The van der Waals surface area contributed by atoms with Crippen LogP contribution in [0.5, 0.6) is 0 Å². The highest BCUT2D eigenvalue weighted by Crippen LogP contribution is 2.43. The van der Waals surface area contributed by atoms with E-state index in [0.29, 0.717) is 41.9 Å². The van der Waals surface area contributed by atoms with Gasteiger partial charge in [-0.05, 0) is 67.2 Å². The van der Waals surface area contributed by atoms with E-state index in [0.717, 1.165) is 25.7 Å². The lowest BCUT2D eigenvalue weighted by Crippen LogP contribution is -2.26. The number of aryl methyl sites for hydroxylation is 1. The summed E-state index contributed by atoms with van der Waals surface area (Å²) in [5.74, 6) is -0.287. The van der Waals surface area contributed by atoms with Gasteiger partial charge in [0.15, 0.2) is 0 Å². The predicted molar refractivity (Wildman–Crippen MR) is 105 cm³/mol. The predicted octanol–water partition coefficient (Wildman–Crippen LogP) is 5.21. The van der Waals surface area contributed by atoms with Gasteiger partial charge in [0, 0.05) is 5.56 Å². The summed E-state index contributed by atoms with van der Waals surface area (Å²) in [6.07, 6.45) is 4.99. The van der Waals surface area contributed by atoms with Gasteiger partial charge >= 0.3 is 21.6 Å². The average Bonchev–Trinajstić information content (AvgIpc) is 2.86. The molecule has 0 amide bonds. The van der Waals surface area contributed by atoms with Crippen LogP contribution in [-0.4, -0.2) is 27.0 Å². The van der Waals surface area contributed by atoms with E-state index in [-0.39, 0.29) is 17.2 Å². The number of hydrogen-bond acceptors (Lipinski definition) is 5. The van der Waals surface area contributed by atoms with Crippen molar-refractivity contribution in [1.29, 1.82) is 0 Å². The standard InChI is InChI=1S/C21H25F3O5S/c1-13-6-8-14(9-7-13)17-5-3-4-15-12-16(20(25)28-2)10-11-18(15)19(17)29-30(26,27)21(22,23)24/h10-14H,3-9H2,1-2H3/t13-,14-. The summed E-state index contributed by atoms with van der Waals surface area (Å²) in [6.45, 7) is 2.13. The Morgan fingerprint density at radius 2 is 1.77 bits per heavy atom. The Kier molecular flexibility index (Phi) is 6.50. The fourth-order valence-corrected chi connectivity index (χ4v) is 4.79. The third kappa shape index (κ3) is 4.66. The highest BCUT2D eigenvalue weighted by molar-refractivity contribution is 7.87. The topological polar surface area (TPSA) is 69.7 Å². The van der Waals surface area contributed by atoms with Crippen LogP contribution in [0.25, 0.3) is 5.76 Å². The van der Waals surface area contributed by atoms with Gasteiger partial charge in [0.2, 0.25) is 0 Å². The first-order valence-electron chi connectivity index (χ1n) is 9.99. The number of allylic oxidation sites excluding steroid dienone is 1. The number of alkyl halides is 3. The Morgan fingerprint density at radius 1 is 1.10 bits per heavy atom. The zero-order chi connectivity index (χ0) is 22.1. The van der Waals surface area contributed by atoms with E-state index < -0.39 is 21.6 Å². The number of methoxy groups -OCH3 is 1. The van der Waals surface area contributed by atoms with Gasteiger partial charge in [0.25, 0.3) is 0 Å². The van der Waals surface area contributed by atoms with E-state index in [1.54, 1.807) is 0 Å². The molecule has 2 aliphatic carbocycles. The van der Waals surface area contributed by atoms with E-state index in [1.807, 2.05) is 0 Å². The molecule has 166 valence electrons. The summed E-state index contributed by atoms with van der Waals surface area (Å²) in [5, 5.41) is 0. The second-order valence-electron chi connectivity index (χ2n) is 8.01. The van der Waals surface area contributed by atoms with Crippen molar-refractivity contribution in [3.8, 4) is 0 Å². The molecule has 0 heterocycles. The molecule has 1 fully saturated rings. The molecule has 1 aromatic rings. The van der Waals surface area contributed by atoms with E-state index in [4.69, 9.17) is 8.92 Å². The maximum atomic E-state index is 13.1. The molecular formula is C21H25F3O5S. The SMILES string of the molecule is COC(=O)c1ccc2c(c1)CCCC([C@H]1CC[C@H](C)CC1)=C2OS(=O)(=O)C(F)(F)F. The quantitative estimate of drug-likeness (QED) is 0.361. The van der Waals surface area contributed by atoms with E-state index >= 15 is 0 Å². The maximum absolute atomic E-state index is 13.1. The first-order valence-corrected chi connectivity index (χ1v) is 11.4. The molecule has 0 saturated heterocycles. The molecule has 0 aromatic heterocycles. The van der Waals surface area contributed by atoms with Crippen LogP contribution in [0, 0.1) is 11.8 Å². The fraction of sp³-hybridized carbons (Fsp3) is 0.571. The Morgan fingerprint density at radius 3 is 2.37 bits per heavy atom. The summed E-state index contributed by atoms with van der Waals surface area (Å²) < 4.78 is 72.6. The van der Waals surface area contributed by atoms with Crippen molar-refractivity contribution in [1.82, 2.24) is 0 Å². The lowest BCUT2D eigenvalue weighted by molar-refractivity contribution is -0.0509. The smallest absolute Gasteiger partial charge is 0.465 e. The van der Waals surface area contributed by atoms with Crippen molar-refractivity contribution >= 4 is 21.8 Å². The Bertz CT molecular complexity index is 942. The van der Waals surface area contributed by atoms with Crippen LogP contribution in [-0.2, 0) is 25.5 Å². The minimum Gasteiger partial charge on any atom is -0.465 e. The van der Waals surface area contributed by atoms with Gasteiger partial charge in [-0.25, -0.2) is 4.79 Å². The normalized spacial score (nSPS) is 22.8. The molecule has 1 aromatic carbocycles. The highest BCUT2D eigenvalue weighted by atomic mass is 32.2. The molecule has 0 radical (unpaired) electrons. The van der Waals surface area contributed by atoms with Crippen molar-refractivity contribution in [2.45, 2.75) is 57.4 Å².